The summed E-state index contributed by atoms with van der Waals surface area (Å²) in [5.41, 5.74) is 1.87. The number of ether oxygens (including phenoxy) is 1. The predicted octanol–water partition coefficient (Wildman–Crippen LogP) is 4.56. The van der Waals surface area contributed by atoms with Crippen LogP contribution in [0.1, 0.15) is 0 Å². The molecular formula is C19H17FN4O2S. The first-order valence-electron chi connectivity index (χ1n) is 8.38. The van der Waals surface area contributed by atoms with E-state index in [0.717, 1.165) is 17.9 Å². The molecule has 1 aliphatic rings. The van der Waals surface area contributed by atoms with E-state index in [4.69, 9.17) is 4.74 Å². The van der Waals surface area contributed by atoms with Gasteiger partial charge in [0.1, 0.15) is 11.6 Å². The second kappa shape index (κ2) is 7.24. The van der Waals surface area contributed by atoms with Crippen molar-refractivity contribution in [3.63, 3.8) is 0 Å². The van der Waals surface area contributed by atoms with Crippen LogP contribution < -0.4 is 19.9 Å². The van der Waals surface area contributed by atoms with Crippen molar-refractivity contribution in [1.82, 2.24) is 4.98 Å². The Labute approximate surface area is 159 Å². The van der Waals surface area contributed by atoms with Gasteiger partial charge in [0.15, 0.2) is 5.13 Å². The molecule has 27 heavy (non-hydrogen) atoms. The van der Waals surface area contributed by atoms with E-state index in [2.05, 4.69) is 15.2 Å². The van der Waals surface area contributed by atoms with E-state index in [1.54, 1.807) is 17.0 Å². The standard InChI is InChI=1S/C19H17FN4O2S/c1-23-9-10-24(16-8-3-2-7-15(16)23)19(25)22-18-21-12-17(27-18)26-14-6-4-5-13(20)11-14/h2-8,11-12H,9-10H2,1H3,(H,21,22,25). The smallest absolute Gasteiger partial charge is 0.328 e. The minimum absolute atomic E-state index is 0.248. The van der Waals surface area contributed by atoms with E-state index >= 15 is 0 Å². The number of rotatable bonds is 3. The number of para-hydroxylation sites is 2. The molecule has 0 saturated heterocycles. The number of aromatic nitrogens is 1. The number of nitrogens with one attached hydrogen (secondary N) is 1. The summed E-state index contributed by atoms with van der Waals surface area (Å²) in [6.07, 6.45) is 1.50. The molecule has 6 nitrogen and oxygen atoms in total. The van der Waals surface area contributed by atoms with E-state index < -0.39 is 0 Å². The van der Waals surface area contributed by atoms with Crippen molar-refractivity contribution in [2.45, 2.75) is 0 Å². The van der Waals surface area contributed by atoms with Gasteiger partial charge in [-0.2, -0.15) is 0 Å². The zero-order chi connectivity index (χ0) is 18.8. The molecule has 3 aromatic rings. The maximum absolute atomic E-state index is 13.2. The van der Waals surface area contributed by atoms with Crippen LogP contribution in [-0.4, -0.2) is 31.2 Å². The minimum atomic E-state index is -0.376. The summed E-state index contributed by atoms with van der Waals surface area (Å²) in [4.78, 5) is 20.7. The Morgan fingerprint density at radius 1 is 1.19 bits per heavy atom. The normalized spacial score (nSPS) is 13.3. The highest BCUT2D eigenvalue weighted by atomic mass is 32.1. The van der Waals surface area contributed by atoms with Gasteiger partial charge in [0.2, 0.25) is 5.06 Å². The Balaban J connectivity index is 1.46. The van der Waals surface area contributed by atoms with Crippen LogP contribution in [0.5, 0.6) is 10.8 Å². The van der Waals surface area contributed by atoms with Crippen molar-refractivity contribution >= 4 is 33.9 Å². The quantitative estimate of drug-likeness (QED) is 0.719. The molecule has 1 aromatic heterocycles. The number of likely N-dealkylation sites (N-methyl/N-ethyl adjacent to an activating group) is 1. The maximum atomic E-state index is 13.2. The average molecular weight is 384 g/mol. The summed E-state index contributed by atoms with van der Waals surface area (Å²) >= 11 is 1.18. The van der Waals surface area contributed by atoms with Crippen molar-refractivity contribution in [2.75, 3.05) is 35.3 Å². The molecule has 0 spiro atoms. The van der Waals surface area contributed by atoms with Crippen LogP contribution in [0.25, 0.3) is 0 Å². The second-order valence-corrected chi connectivity index (χ2v) is 7.03. The van der Waals surface area contributed by atoms with Crippen molar-refractivity contribution in [1.29, 1.82) is 0 Å². The maximum Gasteiger partial charge on any atom is 0.328 e. The van der Waals surface area contributed by atoms with Gasteiger partial charge in [-0.25, -0.2) is 14.2 Å². The fraction of sp³-hybridized carbons (Fsp3) is 0.158. The minimum Gasteiger partial charge on any atom is -0.445 e. The van der Waals surface area contributed by atoms with Crippen molar-refractivity contribution in [3.8, 4) is 10.8 Å². The monoisotopic (exact) mass is 384 g/mol. The Hall–Kier alpha value is -3.13. The summed E-state index contributed by atoms with van der Waals surface area (Å²) in [5.74, 6) is 0.00351. The molecule has 0 bridgehead atoms. The third kappa shape index (κ3) is 3.70. The number of nitrogens with zero attached hydrogens (tertiary/aromatic N) is 3. The number of anilines is 3. The van der Waals surface area contributed by atoms with Crippen LogP contribution in [0.2, 0.25) is 0 Å². The number of thiazole rings is 1. The predicted molar refractivity (Wildman–Crippen MR) is 105 cm³/mol. The van der Waals surface area contributed by atoms with Gasteiger partial charge in [0, 0.05) is 26.2 Å². The molecule has 2 heterocycles. The first-order valence-corrected chi connectivity index (χ1v) is 9.20. The molecule has 0 atom stereocenters. The highest BCUT2D eigenvalue weighted by Gasteiger charge is 2.25. The largest absolute Gasteiger partial charge is 0.445 e. The Morgan fingerprint density at radius 2 is 2.00 bits per heavy atom. The van der Waals surface area contributed by atoms with Gasteiger partial charge in [-0.1, -0.05) is 29.5 Å². The fourth-order valence-electron chi connectivity index (χ4n) is 2.89. The molecule has 1 N–H and O–H groups in total. The van der Waals surface area contributed by atoms with E-state index in [-0.39, 0.29) is 11.8 Å². The summed E-state index contributed by atoms with van der Waals surface area (Å²) in [5, 5.41) is 3.69. The number of halogens is 1. The number of fused-ring (bicyclic) bond motifs is 1. The molecule has 138 valence electrons. The first-order chi connectivity index (χ1) is 13.1. The van der Waals surface area contributed by atoms with Crippen molar-refractivity contribution in [3.05, 3.63) is 60.5 Å². The van der Waals surface area contributed by atoms with E-state index in [9.17, 15) is 9.18 Å². The van der Waals surface area contributed by atoms with Crippen LogP contribution in [0.4, 0.5) is 25.7 Å². The lowest BCUT2D eigenvalue weighted by Crippen LogP contribution is -2.44. The molecule has 8 heteroatoms. The van der Waals surface area contributed by atoms with Crippen molar-refractivity contribution in [2.24, 2.45) is 0 Å². The molecule has 2 aromatic carbocycles. The number of urea groups is 1. The zero-order valence-corrected chi connectivity index (χ0v) is 15.4. The molecular weight excluding hydrogens is 367 g/mol. The topological polar surface area (TPSA) is 57.7 Å². The molecule has 0 radical (unpaired) electrons. The number of hydrogen-bond donors (Lipinski definition) is 1. The molecule has 0 saturated carbocycles. The Morgan fingerprint density at radius 3 is 2.81 bits per heavy atom. The third-order valence-corrected chi connectivity index (χ3v) is 4.99. The Bertz CT molecular complexity index is 978. The van der Waals surface area contributed by atoms with Gasteiger partial charge in [-0.15, -0.1) is 0 Å². The van der Waals surface area contributed by atoms with Crippen LogP contribution in [0.3, 0.4) is 0 Å². The SMILES string of the molecule is CN1CCN(C(=O)Nc2ncc(Oc3cccc(F)c3)s2)c2ccccc21. The van der Waals surface area contributed by atoms with Gasteiger partial charge >= 0.3 is 6.03 Å². The number of carbonyl (C=O) groups is 1. The van der Waals surface area contributed by atoms with Crippen LogP contribution in [0, 0.1) is 5.82 Å². The summed E-state index contributed by atoms with van der Waals surface area (Å²) in [7, 11) is 2.00. The van der Waals surface area contributed by atoms with Crippen LogP contribution in [-0.2, 0) is 0 Å². The highest BCUT2D eigenvalue weighted by molar-refractivity contribution is 7.17. The van der Waals surface area contributed by atoms with Gasteiger partial charge in [-0.05, 0) is 24.3 Å². The lowest BCUT2D eigenvalue weighted by Gasteiger charge is -2.35. The Kier molecular flexibility index (Phi) is 4.64. The molecule has 1 aliphatic heterocycles. The van der Waals surface area contributed by atoms with E-state index in [1.807, 2.05) is 31.3 Å². The second-order valence-electron chi connectivity index (χ2n) is 6.04. The first kappa shape index (κ1) is 17.3. The molecule has 0 unspecified atom stereocenters. The third-order valence-electron chi connectivity index (χ3n) is 4.20. The summed E-state index contributed by atoms with van der Waals surface area (Å²) < 4.78 is 18.8. The molecule has 2 amide bonds. The van der Waals surface area contributed by atoms with E-state index in [1.165, 1.54) is 29.7 Å². The lowest BCUT2D eigenvalue weighted by molar-refractivity contribution is 0.257. The lowest BCUT2D eigenvalue weighted by atomic mass is 10.2. The van der Waals surface area contributed by atoms with Crippen LogP contribution >= 0.6 is 11.3 Å². The highest BCUT2D eigenvalue weighted by Crippen LogP contribution is 2.34. The molecule has 0 fully saturated rings. The fourth-order valence-corrected chi connectivity index (χ4v) is 3.56. The number of carbonyl (C=O) groups excluding carboxylic acids is 1. The number of benzene rings is 2. The summed E-state index contributed by atoms with van der Waals surface area (Å²) in [6.45, 7) is 1.33. The number of hydrogen-bond acceptors (Lipinski definition) is 5. The van der Waals surface area contributed by atoms with Gasteiger partial charge in [0.05, 0.1) is 17.6 Å². The number of amides is 2. The van der Waals surface area contributed by atoms with Gasteiger partial charge < -0.3 is 9.64 Å². The van der Waals surface area contributed by atoms with Crippen LogP contribution in [0.15, 0.2) is 54.7 Å². The average Bonchev–Trinajstić information content (AvgIpc) is 3.09. The molecule has 4 rings (SSSR count). The summed E-state index contributed by atoms with van der Waals surface area (Å²) in [6, 6.07) is 13.4. The van der Waals surface area contributed by atoms with Gasteiger partial charge in [0.25, 0.3) is 0 Å². The zero-order valence-electron chi connectivity index (χ0n) is 14.6. The molecule has 0 aliphatic carbocycles. The van der Waals surface area contributed by atoms with Crippen molar-refractivity contribution < 1.29 is 13.9 Å². The van der Waals surface area contributed by atoms with Gasteiger partial charge in [-0.3, -0.25) is 10.2 Å². The van der Waals surface area contributed by atoms with E-state index in [0.29, 0.717) is 22.5 Å².